The van der Waals surface area contributed by atoms with Gasteiger partial charge in [0.25, 0.3) is 5.91 Å². The quantitative estimate of drug-likeness (QED) is 0.557. The van der Waals surface area contributed by atoms with Crippen LogP contribution in [0.4, 0.5) is 19.0 Å². The Hall–Kier alpha value is -2.35. The molecular weight excluding hydrogens is 477 g/mol. The van der Waals surface area contributed by atoms with Gasteiger partial charge in [-0.25, -0.2) is 9.97 Å². The number of alkyl halides is 3. The molecule has 1 amide bonds. The fraction of sp³-hybridized carbons (Fsp3) is 0.577. The maximum atomic E-state index is 13.2. The van der Waals surface area contributed by atoms with E-state index < -0.39 is 17.6 Å². The molecule has 4 fully saturated rings. The highest BCUT2D eigenvalue weighted by molar-refractivity contribution is 6.33. The third-order valence-corrected chi connectivity index (χ3v) is 8.94. The molecule has 2 aromatic rings. The average molecular weight is 505 g/mol. The van der Waals surface area contributed by atoms with Crippen LogP contribution in [0.3, 0.4) is 0 Å². The van der Waals surface area contributed by atoms with Crippen LogP contribution in [0.25, 0.3) is 0 Å². The molecule has 5 nitrogen and oxygen atoms in total. The summed E-state index contributed by atoms with van der Waals surface area (Å²) >= 11 is 6.11. The normalized spacial score (nSPS) is 29.3. The number of anilines is 1. The Balaban J connectivity index is 1.18. The summed E-state index contributed by atoms with van der Waals surface area (Å²) in [5, 5.41) is 3.65. The highest BCUT2D eigenvalue weighted by Crippen LogP contribution is 2.60. The molecule has 1 aliphatic heterocycles. The SMILES string of the molecule is O=C(c1cc(C(F)(F)F)ccc1Cl)N1CCc2c(ncnc2NCC23CC4CC(CC(C4)C2)C3)C1. The van der Waals surface area contributed by atoms with Crippen molar-refractivity contribution in [1.82, 2.24) is 14.9 Å². The first-order valence-electron chi connectivity index (χ1n) is 12.4. The first-order valence-corrected chi connectivity index (χ1v) is 12.8. The Bertz CT molecular complexity index is 1130. The number of hydrogen-bond donors (Lipinski definition) is 1. The number of benzene rings is 1. The van der Waals surface area contributed by atoms with Crippen molar-refractivity contribution in [3.8, 4) is 0 Å². The van der Waals surface area contributed by atoms with E-state index >= 15 is 0 Å². The molecule has 0 spiro atoms. The summed E-state index contributed by atoms with van der Waals surface area (Å²) in [5.41, 5.74) is 1.07. The van der Waals surface area contributed by atoms with Gasteiger partial charge in [0, 0.05) is 18.7 Å². The molecule has 186 valence electrons. The summed E-state index contributed by atoms with van der Waals surface area (Å²) in [6.45, 7) is 1.51. The number of nitrogens with zero attached hydrogens (tertiary/aromatic N) is 3. The van der Waals surface area contributed by atoms with Crippen LogP contribution in [0.5, 0.6) is 0 Å². The predicted octanol–water partition coefficient (Wildman–Crippen LogP) is 5.98. The van der Waals surface area contributed by atoms with Crippen LogP contribution in [0, 0.1) is 23.2 Å². The van der Waals surface area contributed by atoms with E-state index in [2.05, 4.69) is 15.3 Å². The smallest absolute Gasteiger partial charge is 0.369 e. The van der Waals surface area contributed by atoms with Gasteiger partial charge in [-0.3, -0.25) is 4.79 Å². The average Bonchev–Trinajstić information content (AvgIpc) is 2.80. The molecule has 1 aromatic heterocycles. The van der Waals surface area contributed by atoms with Crippen molar-refractivity contribution in [3.63, 3.8) is 0 Å². The zero-order chi connectivity index (χ0) is 24.4. The number of rotatable bonds is 4. The van der Waals surface area contributed by atoms with E-state index in [9.17, 15) is 18.0 Å². The molecule has 4 bridgehead atoms. The molecule has 0 unspecified atom stereocenters. The molecule has 4 aliphatic carbocycles. The summed E-state index contributed by atoms with van der Waals surface area (Å²) in [4.78, 5) is 23.5. The first-order chi connectivity index (χ1) is 16.7. The molecule has 0 atom stereocenters. The molecule has 5 aliphatic rings. The lowest BCUT2D eigenvalue weighted by Crippen LogP contribution is -2.49. The summed E-state index contributed by atoms with van der Waals surface area (Å²) in [6.07, 6.45) is 5.63. The number of fused-ring (bicyclic) bond motifs is 1. The van der Waals surface area contributed by atoms with Crippen molar-refractivity contribution < 1.29 is 18.0 Å². The van der Waals surface area contributed by atoms with Gasteiger partial charge in [-0.05, 0) is 86.3 Å². The number of nitrogens with one attached hydrogen (secondary N) is 1. The van der Waals surface area contributed by atoms with E-state index in [1.54, 1.807) is 0 Å². The molecule has 9 heteroatoms. The Morgan fingerprint density at radius 2 is 1.80 bits per heavy atom. The molecule has 7 rings (SSSR count). The second-order valence-corrected chi connectivity index (χ2v) is 11.5. The maximum Gasteiger partial charge on any atom is 0.416 e. The molecule has 1 N–H and O–H groups in total. The molecule has 35 heavy (non-hydrogen) atoms. The monoisotopic (exact) mass is 504 g/mol. The van der Waals surface area contributed by atoms with E-state index in [1.807, 2.05) is 0 Å². The lowest BCUT2D eigenvalue weighted by Gasteiger charge is -2.57. The molecule has 0 saturated heterocycles. The number of amides is 1. The van der Waals surface area contributed by atoms with Crippen molar-refractivity contribution in [3.05, 3.63) is 51.9 Å². The molecule has 1 aromatic carbocycles. The van der Waals surface area contributed by atoms with Gasteiger partial charge >= 0.3 is 6.18 Å². The topological polar surface area (TPSA) is 58.1 Å². The Morgan fingerprint density at radius 1 is 1.11 bits per heavy atom. The van der Waals surface area contributed by atoms with Gasteiger partial charge < -0.3 is 10.2 Å². The van der Waals surface area contributed by atoms with Gasteiger partial charge in [-0.1, -0.05) is 11.6 Å². The van der Waals surface area contributed by atoms with Gasteiger partial charge in [0.2, 0.25) is 0 Å². The summed E-state index contributed by atoms with van der Waals surface area (Å²) < 4.78 is 39.5. The van der Waals surface area contributed by atoms with E-state index in [4.69, 9.17) is 11.6 Å². The van der Waals surface area contributed by atoms with Gasteiger partial charge in [-0.2, -0.15) is 13.2 Å². The highest BCUT2D eigenvalue weighted by atomic mass is 35.5. The Kier molecular flexibility index (Phi) is 5.51. The molecule has 2 heterocycles. The fourth-order valence-electron chi connectivity index (χ4n) is 7.49. The summed E-state index contributed by atoms with van der Waals surface area (Å²) in [5.74, 6) is 2.95. The minimum atomic E-state index is -4.54. The lowest BCUT2D eigenvalue weighted by atomic mass is 9.49. The van der Waals surface area contributed by atoms with Gasteiger partial charge in [0.05, 0.1) is 28.4 Å². The van der Waals surface area contributed by atoms with Gasteiger partial charge in [0.1, 0.15) is 12.1 Å². The molecule has 0 radical (unpaired) electrons. The zero-order valence-electron chi connectivity index (χ0n) is 19.4. The predicted molar refractivity (Wildman–Crippen MR) is 126 cm³/mol. The van der Waals surface area contributed by atoms with Crippen LogP contribution >= 0.6 is 11.6 Å². The van der Waals surface area contributed by atoms with Crippen LogP contribution < -0.4 is 5.32 Å². The number of carbonyl (C=O) groups excluding carboxylic acids is 1. The second-order valence-electron chi connectivity index (χ2n) is 11.1. The Labute approximate surface area is 207 Å². The van der Waals surface area contributed by atoms with Gasteiger partial charge in [0.15, 0.2) is 0 Å². The zero-order valence-corrected chi connectivity index (χ0v) is 20.1. The second kappa shape index (κ2) is 8.36. The number of carbonyl (C=O) groups is 1. The van der Waals surface area contributed by atoms with Crippen LogP contribution in [0.2, 0.25) is 5.02 Å². The fourth-order valence-corrected chi connectivity index (χ4v) is 7.69. The van der Waals surface area contributed by atoms with Crippen LogP contribution in [-0.2, 0) is 19.1 Å². The van der Waals surface area contributed by atoms with Crippen molar-refractivity contribution in [2.24, 2.45) is 23.2 Å². The third kappa shape index (κ3) is 4.28. The van der Waals surface area contributed by atoms with Crippen molar-refractivity contribution in [2.75, 3.05) is 18.4 Å². The van der Waals surface area contributed by atoms with Crippen LogP contribution in [-0.4, -0.2) is 33.9 Å². The van der Waals surface area contributed by atoms with E-state index in [0.717, 1.165) is 59.6 Å². The van der Waals surface area contributed by atoms with Gasteiger partial charge in [-0.15, -0.1) is 0 Å². The molecular formula is C26H28ClF3N4O. The minimum absolute atomic E-state index is 0.00872. The van der Waals surface area contributed by atoms with Crippen LogP contribution in [0.15, 0.2) is 24.5 Å². The Morgan fingerprint density at radius 3 is 2.46 bits per heavy atom. The van der Waals surface area contributed by atoms with Crippen molar-refractivity contribution in [1.29, 1.82) is 0 Å². The van der Waals surface area contributed by atoms with Crippen LogP contribution in [0.1, 0.15) is 65.7 Å². The highest BCUT2D eigenvalue weighted by Gasteiger charge is 2.50. The summed E-state index contributed by atoms with van der Waals surface area (Å²) in [6, 6.07) is 2.85. The standard InChI is InChI=1S/C26H28ClF3N4O/c27-21-2-1-18(26(28,29)30)8-20(21)24(35)34-4-3-19-22(12-34)32-14-33-23(19)31-13-25-9-15-5-16(10-25)7-17(6-15)11-25/h1-2,8,14-17H,3-7,9-13H2,(H,31,32,33). The number of aromatic nitrogens is 2. The van der Waals surface area contributed by atoms with Crippen molar-refractivity contribution in [2.45, 2.75) is 57.7 Å². The largest absolute Gasteiger partial charge is 0.416 e. The third-order valence-electron chi connectivity index (χ3n) is 8.61. The van der Waals surface area contributed by atoms with E-state index in [-0.39, 0.29) is 17.1 Å². The maximum absolute atomic E-state index is 13.2. The lowest BCUT2D eigenvalue weighted by molar-refractivity contribution is -0.137. The molecule has 4 saturated carbocycles. The first kappa shape index (κ1) is 23.1. The minimum Gasteiger partial charge on any atom is -0.369 e. The van der Waals surface area contributed by atoms with Crippen molar-refractivity contribution >= 4 is 23.3 Å². The number of halogens is 4. The number of hydrogen-bond acceptors (Lipinski definition) is 4. The van der Waals surface area contributed by atoms with E-state index in [1.165, 1.54) is 49.8 Å². The summed E-state index contributed by atoms with van der Waals surface area (Å²) in [7, 11) is 0. The van der Waals surface area contributed by atoms with E-state index in [0.29, 0.717) is 18.4 Å².